The number of alkyl halides is 4. The first-order chi connectivity index (χ1) is 7.06. The third-order valence-corrected chi connectivity index (χ3v) is 1.71. The normalized spacial score (nSPS) is 11.7. The second-order valence-electron chi connectivity index (χ2n) is 2.83. The van der Waals surface area contributed by atoms with E-state index in [1.807, 2.05) is 0 Å². The first-order valence-corrected chi connectivity index (χ1v) is 4.19. The molecule has 0 radical (unpaired) electrons. The van der Waals surface area contributed by atoms with Crippen LogP contribution in [0.4, 0.5) is 17.6 Å². The van der Waals surface area contributed by atoms with E-state index in [1.165, 1.54) is 0 Å². The van der Waals surface area contributed by atoms with Crippen molar-refractivity contribution in [1.82, 2.24) is 20.3 Å². The summed E-state index contributed by atoms with van der Waals surface area (Å²) in [6, 6.07) is 0. The van der Waals surface area contributed by atoms with Crippen LogP contribution in [0.2, 0.25) is 0 Å². The maximum atomic E-state index is 12.5. The summed E-state index contributed by atoms with van der Waals surface area (Å²) in [5, 5.41) is 9.29. The molecule has 86 valence electrons. The number of aromatic nitrogens is 3. The first-order valence-electron chi connectivity index (χ1n) is 4.19. The zero-order valence-electron chi connectivity index (χ0n) is 7.92. The molecule has 1 heterocycles. The number of rotatable bonds is 5. The minimum atomic E-state index is -2.86. The Morgan fingerprint density at radius 3 is 2.47 bits per heavy atom. The molecular formula is C7H10F4N4. The molecule has 0 saturated carbocycles. The first kappa shape index (κ1) is 11.9. The lowest BCUT2D eigenvalue weighted by Gasteiger charge is -2.05. The van der Waals surface area contributed by atoms with Crippen molar-refractivity contribution >= 4 is 0 Å². The van der Waals surface area contributed by atoms with Crippen LogP contribution in [0, 0.1) is 0 Å². The molecule has 8 heteroatoms. The highest BCUT2D eigenvalue weighted by molar-refractivity contribution is 5.11. The topological polar surface area (TPSA) is 42.7 Å². The Morgan fingerprint density at radius 1 is 1.33 bits per heavy atom. The SMILES string of the molecule is CNCc1nnn(CC(F)F)c1C(F)F. The number of hydrogen-bond donors (Lipinski definition) is 1. The van der Waals surface area contributed by atoms with Crippen molar-refractivity contribution in [2.24, 2.45) is 0 Å². The molecule has 0 atom stereocenters. The van der Waals surface area contributed by atoms with Gasteiger partial charge in [-0.2, -0.15) is 0 Å². The average Bonchev–Trinajstić information content (AvgIpc) is 2.47. The van der Waals surface area contributed by atoms with Crippen molar-refractivity contribution in [3.63, 3.8) is 0 Å². The summed E-state index contributed by atoms with van der Waals surface area (Å²) in [6.45, 7) is -0.792. The van der Waals surface area contributed by atoms with E-state index in [9.17, 15) is 17.6 Å². The maximum Gasteiger partial charge on any atom is 0.281 e. The predicted octanol–water partition coefficient (Wildman–Crippen LogP) is 1.20. The average molecular weight is 226 g/mol. The Bertz CT molecular complexity index is 312. The molecule has 4 nitrogen and oxygen atoms in total. The lowest BCUT2D eigenvalue weighted by atomic mass is 10.3. The smallest absolute Gasteiger partial charge is 0.281 e. The summed E-state index contributed by atoms with van der Waals surface area (Å²) in [4.78, 5) is 0. The quantitative estimate of drug-likeness (QED) is 0.767. The summed E-state index contributed by atoms with van der Waals surface area (Å²) < 4.78 is 49.6. The van der Waals surface area contributed by atoms with Crippen LogP contribution < -0.4 is 5.32 Å². The minimum absolute atomic E-state index is 0.00634. The van der Waals surface area contributed by atoms with Crippen molar-refractivity contribution in [2.45, 2.75) is 25.9 Å². The molecule has 0 fully saturated rings. The highest BCUT2D eigenvalue weighted by Gasteiger charge is 2.22. The zero-order valence-corrected chi connectivity index (χ0v) is 7.92. The van der Waals surface area contributed by atoms with Gasteiger partial charge in [0.15, 0.2) is 0 Å². The molecule has 0 aliphatic heterocycles. The second-order valence-corrected chi connectivity index (χ2v) is 2.83. The molecule has 0 aliphatic carbocycles. The third-order valence-electron chi connectivity index (χ3n) is 1.71. The van der Waals surface area contributed by atoms with E-state index < -0.39 is 25.1 Å². The summed E-state index contributed by atoms with van der Waals surface area (Å²) >= 11 is 0. The van der Waals surface area contributed by atoms with Gasteiger partial charge in [0.1, 0.15) is 17.9 Å². The van der Waals surface area contributed by atoms with Gasteiger partial charge in [-0.05, 0) is 7.05 Å². The Morgan fingerprint density at radius 2 is 2.00 bits per heavy atom. The number of nitrogens with one attached hydrogen (secondary N) is 1. The molecule has 0 aromatic carbocycles. The van der Waals surface area contributed by atoms with Gasteiger partial charge in [-0.3, -0.25) is 0 Å². The monoisotopic (exact) mass is 226 g/mol. The van der Waals surface area contributed by atoms with Gasteiger partial charge >= 0.3 is 0 Å². The van der Waals surface area contributed by atoms with Crippen LogP contribution >= 0.6 is 0 Å². The molecule has 1 rings (SSSR count). The van der Waals surface area contributed by atoms with E-state index in [0.717, 1.165) is 0 Å². The molecule has 0 saturated heterocycles. The predicted molar refractivity (Wildman–Crippen MR) is 43.7 cm³/mol. The largest absolute Gasteiger partial charge is 0.314 e. The van der Waals surface area contributed by atoms with Crippen molar-refractivity contribution in [1.29, 1.82) is 0 Å². The fourth-order valence-corrected chi connectivity index (χ4v) is 1.15. The molecule has 1 aromatic rings. The summed E-state index contributed by atoms with van der Waals surface area (Å²) in [5.41, 5.74) is -0.558. The summed E-state index contributed by atoms with van der Waals surface area (Å²) in [7, 11) is 1.54. The maximum absolute atomic E-state index is 12.5. The van der Waals surface area contributed by atoms with Gasteiger partial charge in [-0.25, -0.2) is 22.2 Å². The van der Waals surface area contributed by atoms with Crippen molar-refractivity contribution in [3.05, 3.63) is 11.4 Å². The highest BCUT2D eigenvalue weighted by atomic mass is 19.3. The van der Waals surface area contributed by atoms with Crippen molar-refractivity contribution in [3.8, 4) is 0 Å². The van der Waals surface area contributed by atoms with E-state index in [0.29, 0.717) is 4.68 Å². The van der Waals surface area contributed by atoms with Gasteiger partial charge in [0.25, 0.3) is 12.9 Å². The van der Waals surface area contributed by atoms with Crippen LogP contribution in [0.3, 0.4) is 0 Å². The molecule has 0 spiro atoms. The molecule has 0 bridgehead atoms. The Kier molecular flexibility index (Phi) is 4.01. The lowest BCUT2D eigenvalue weighted by Crippen LogP contribution is -2.14. The highest BCUT2D eigenvalue weighted by Crippen LogP contribution is 2.21. The zero-order chi connectivity index (χ0) is 11.4. The molecule has 1 aromatic heterocycles. The molecule has 0 aliphatic rings. The van der Waals surface area contributed by atoms with Gasteiger partial charge < -0.3 is 5.32 Å². The van der Waals surface area contributed by atoms with E-state index >= 15 is 0 Å². The van der Waals surface area contributed by atoms with Gasteiger partial charge in [-0.1, -0.05) is 5.21 Å². The molecule has 1 N–H and O–H groups in total. The Balaban J connectivity index is 2.95. The Labute approximate surface area is 83.3 Å². The summed E-state index contributed by atoms with van der Waals surface area (Å²) in [6.07, 6.45) is -5.59. The minimum Gasteiger partial charge on any atom is -0.314 e. The second kappa shape index (κ2) is 5.06. The van der Waals surface area contributed by atoms with Gasteiger partial charge in [0.2, 0.25) is 0 Å². The number of nitrogens with zero attached hydrogens (tertiary/aromatic N) is 3. The van der Waals surface area contributed by atoms with Crippen LogP contribution in [-0.2, 0) is 13.1 Å². The van der Waals surface area contributed by atoms with Crippen LogP contribution in [-0.4, -0.2) is 28.5 Å². The summed E-state index contributed by atoms with van der Waals surface area (Å²) in [5.74, 6) is 0. The van der Waals surface area contributed by atoms with Crippen molar-refractivity contribution in [2.75, 3.05) is 7.05 Å². The van der Waals surface area contributed by atoms with E-state index in [2.05, 4.69) is 15.6 Å². The standard InChI is InChI=1S/C7H10F4N4/c1-12-2-4-6(7(10)11)15(14-13-4)3-5(8)9/h5,7,12H,2-3H2,1H3. The van der Waals surface area contributed by atoms with Crippen LogP contribution in [0.1, 0.15) is 17.8 Å². The number of halogens is 4. The lowest BCUT2D eigenvalue weighted by molar-refractivity contribution is 0.102. The fraction of sp³-hybridized carbons (Fsp3) is 0.714. The molecule has 15 heavy (non-hydrogen) atoms. The Hall–Kier alpha value is -1.18. The van der Waals surface area contributed by atoms with Crippen LogP contribution in [0.25, 0.3) is 0 Å². The van der Waals surface area contributed by atoms with Crippen molar-refractivity contribution < 1.29 is 17.6 Å². The third kappa shape index (κ3) is 2.88. The van der Waals surface area contributed by atoms with Gasteiger partial charge in [-0.15, -0.1) is 5.10 Å². The molecular weight excluding hydrogens is 216 g/mol. The molecule has 0 amide bonds. The molecule has 0 unspecified atom stereocenters. The van der Waals surface area contributed by atoms with Gasteiger partial charge in [0.05, 0.1) is 0 Å². The van der Waals surface area contributed by atoms with E-state index in [4.69, 9.17) is 0 Å². The van der Waals surface area contributed by atoms with E-state index in [-0.39, 0.29) is 12.2 Å². The van der Waals surface area contributed by atoms with Crippen LogP contribution in [0.5, 0.6) is 0 Å². The van der Waals surface area contributed by atoms with E-state index in [1.54, 1.807) is 7.05 Å². The fourth-order valence-electron chi connectivity index (χ4n) is 1.15. The van der Waals surface area contributed by atoms with Gasteiger partial charge in [0, 0.05) is 6.54 Å². The number of hydrogen-bond acceptors (Lipinski definition) is 3. The van der Waals surface area contributed by atoms with Crippen LogP contribution in [0.15, 0.2) is 0 Å².